The summed E-state index contributed by atoms with van der Waals surface area (Å²) in [7, 11) is 1.64. The van der Waals surface area contributed by atoms with Crippen LogP contribution in [0.3, 0.4) is 0 Å². The van der Waals surface area contributed by atoms with Crippen LogP contribution in [0, 0.1) is 6.92 Å². The monoisotopic (exact) mass is 412 g/mol. The van der Waals surface area contributed by atoms with E-state index < -0.39 is 0 Å². The van der Waals surface area contributed by atoms with E-state index in [1.54, 1.807) is 7.11 Å². The number of amides is 1. The molecule has 0 unspecified atom stereocenters. The van der Waals surface area contributed by atoms with Crippen molar-refractivity contribution in [2.75, 3.05) is 49.4 Å². The number of nitrogen functional groups attached to an aromatic ring is 1. The SMILES string of the molecule is COCc1cc(C)nc2sc(C(=O)Nc3ccccc3N3CCOCC3)c(N)c12. The third-order valence-electron chi connectivity index (χ3n) is 4.92. The number of thiophene rings is 1. The number of nitrogens with zero attached hydrogens (tertiary/aromatic N) is 2. The van der Waals surface area contributed by atoms with Crippen molar-refractivity contribution in [3.8, 4) is 0 Å². The molecule has 3 heterocycles. The van der Waals surface area contributed by atoms with Crippen LogP contribution in [0.5, 0.6) is 0 Å². The Labute approximate surface area is 173 Å². The van der Waals surface area contributed by atoms with Gasteiger partial charge in [-0.2, -0.15) is 0 Å². The quantitative estimate of drug-likeness (QED) is 0.667. The predicted molar refractivity (Wildman–Crippen MR) is 117 cm³/mol. The molecule has 2 aromatic heterocycles. The Hall–Kier alpha value is -2.68. The number of carbonyl (C=O) groups excluding carboxylic acids is 1. The van der Waals surface area contributed by atoms with Gasteiger partial charge in [-0.15, -0.1) is 11.3 Å². The van der Waals surface area contributed by atoms with Crippen molar-refractivity contribution in [3.63, 3.8) is 0 Å². The molecule has 1 fully saturated rings. The number of hydrogen-bond acceptors (Lipinski definition) is 7. The first-order valence-electron chi connectivity index (χ1n) is 9.49. The number of methoxy groups -OCH3 is 1. The zero-order chi connectivity index (χ0) is 20.4. The zero-order valence-electron chi connectivity index (χ0n) is 16.5. The van der Waals surface area contributed by atoms with Crippen LogP contribution in [0.4, 0.5) is 17.1 Å². The van der Waals surface area contributed by atoms with Gasteiger partial charge in [0.1, 0.15) is 9.71 Å². The number of anilines is 3. The molecule has 1 aromatic carbocycles. The molecule has 3 N–H and O–H groups in total. The summed E-state index contributed by atoms with van der Waals surface area (Å²) in [6, 6.07) is 9.75. The molecule has 0 aliphatic carbocycles. The molecule has 7 nitrogen and oxygen atoms in total. The van der Waals surface area contributed by atoms with Gasteiger partial charge in [-0.1, -0.05) is 12.1 Å². The number of carbonyl (C=O) groups is 1. The average molecular weight is 413 g/mol. The fourth-order valence-corrected chi connectivity index (χ4v) is 4.70. The van der Waals surface area contributed by atoms with E-state index in [0.717, 1.165) is 45.9 Å². The lowest BCUT2D eigenvalue weighted by Crippen LogP contribution is -2.36. The van der Waals surface area contributed by atoms with Crippen LogP contribution in [0.25, 0.3) is 10.2 Å². The van der Waals surface area contributed by atoms with Crippen LogP contribution >= 0.6 is 11.3 Å². The minimum atomic E-state index is -0.229. The molecular formula is C21H24N4O3S. The van der Waals surface area contributed by atoms with E-state index in [4.69, 9.17) is 15.2 Å². The lowest BCUT2D eigenvalue weighted by atomic mass is 10.1. The fourth-order valence-electron chi connectivity index (χ4n) is 3.61. The van der Waals surface area contributed by atoms with Gasteiger partial charge >= 0.3 is 0 Å². The molecule has 1 saturated heterocycles. The number of fused-ring (bicyclic) bond motifs is 1. The van der Waals surface area contributed by atoms with Crippen molar-refractivity contribution >= 4 is 44.5 Å². The molecule has 0 atom stereocenters. The molecule has 1 amide bonds. The lowest BCUT2D eigenvalue weighted by molar-refractivity contribution is 0.103. The summed E-state index contributed by atoms with van der Waals surface area (Å²) in [5.74, 6) is -0.229. The summed E-state index contributed by atoms with van der Waals surface area (Å²) >= 11 is 1.31. The van der Waals surface area contributed by atoms with Crippen LogP contribution in [0.2, 0.25) is 0 Å². The molecule has 0 saturated carbocycles. The first-order chi connectivity index (χ1) is 14.1. The van der Waals surface area contributed by atoms with E-state index in [1.807, 2.05) is 37.3 Å². The molecule has 8 heteroatoms. The van der Waals surface area contributed by atoms with Crippen molar-refractivity contribution in [3.05, 3.63) is 46.5 Å². The maximum atomic E-state index is 13.1. The Kier molecular flexibility index (Phi) is 5.66. The molecular weight excluding hydrogens is 388 g/mol. The number of benzene rings is 1. The number of nitrogens with two attached hydrogens (primary N) is 1. The number of aryl methyl sites for hydroxylation is 1. The third-order valence-corrected chi connectivity index (χ3v) is 6.02. The van der Waals surface area contributed by atoms with Gasteiger partial charge in [-0.05, 0) is 30.7 Å². The number of rotatable bonds is 5. The largest absolute Gasteiger partial charge is 0.397 e. The highest BCUT2D eigenvalue weighted by molar-refractivity contribution is 7.21. The number of hydrogen-bond donors (Lipinski definition) is 2. The topological polar surface area (TPSA) is 89.7 Å². The zero-order valence-corrected chi connectivity index (χ0v) is 17.3. The number of aromatic nitrogens is 1. The molecule has 1 aliphatic rings. The van der Waals surface area contributed by atoms with E-state index in [1.165, 1.54) is 11.3 Å². The standard InChI is InChI=1S/C21H24N4O3S/c1-13-11-14(12-27-2)17-18(22)19(29-21(17)23-13)20(26)24-15-5-3-4-6-16(15)25-7-9-28-10-8-25/h3-6,11H,7-10,12,22H2,1-2H3,(H,24,26). The highest BCUT2D eigenvalue weighted by atomic mass is 32.1. The van der Waals surface area contributed by atoms with Gasteiger partial charge in [0.05, 0.1) is 36.9 Å². The Morgan fingerprint density at radius 1 is 1.34 bits per heavy atom. The van der Waals surface area contributed by atoms with Gasteiger partial charge in [0.25, 0.3) is 5.91 Å². The molecule has 0 radical (unpaired) electrons. The molecule has 152 valence electrons. The van der Waals surface area contributed by atoms with Gasteiger partial charge in [-0.3, -0.25) is 4.79 Å². The molecule has 29 heavy (non-hydrogen) atoms. The second kappa shape index (κ2) is 8.36. The summed E-state index contributed by atoms with van der Waals surface area (Å²) in [6.07, 6.45) is 0. The Morgan fingerprint density at radius 2 is 2.10 bits per heavy atom. The smallest absolute Gasteiger partial charge is 0.268 e. The minimum Gasteiger partial charge on any atom is -0.397 e. The van der Waals surface area contributed by atoms with E-state index in [2.05, 4.69) is 15.2 Å². The predicted octanol–water partition coefficient (Wildman–Crippen LogP) is 3.42. The second-order valence-corrected chi connectivity index (χ2v) is 7.95. The van der Waals surface area contributed by atoms with Crippen LogP contribution in [0.15, 0.2) is 30.3 Å². The summed E-state index contributed by atoms with van der Waals surface area (Å²) in [4.78, 5) is 21.1. The molecule has 3 aromatic rings. The summed E-state index contributed by atoms with van der Waals surface area (Å²) in [5.41, 5.74) is 10.4. The van der Waals surface area contributed by atoms with Gasteiger partial charge in [-0.25, -0.2) is 4.98 Å². The molecule has 1 aliphatic heterocycles. The first-order valence-corrected chi connectivity index (χ1v) is 10.3. The van der Waals surface area contributed by atoms with E-state index in [9.17, 15) is 4.79 Å². The maximum absolute atomic E-state index is 13.1. The summed E-state index contributed by atoms with van der Waals surface area (Å²) < 4.78 is 10.7. The third kappa shape index (κ3) is 3.91. The lowest BCUT2D eigenvalue weighted by Gasteiger charge is -2.30. The molecule has 0 spiro atoms. The molecule has 0 bridgehead atoms. The fraction of sp³-hybridized carbons (Fsp3) is 0.333. The van der Waals surface area contributed by atoms with Crippen LogP contribution in [0.1, 0.15) is 20.9 Å². The first kappa shape index (κ1) is 19.6. The summed E-state index contributed by atoms with van der Waals surface area (Å²) in [5, 5.41) is 3.84. The van der Waals surface area contributed by atoms with Crippen molar-refractivity contribution in [2.24, 2.45) is 0 Å². The van der Waals surface area contributed by atoms with Crippen molar-refractivity contribution in [2.45, 2.75) is 13.5 Å². The minimum absolute atomic E-state index is 0.229. The average Bonchev–Trinajstić information content (AvgIpc) is 3.05. The Bertz CT molecular complexity index is 1040. The van der Waals surface area contributed by atoms with E-state index in [0.29, 0.717) is 30.4 Å². The number of ether oxygens (including phenoxy) is 2. The number of para-hydroxylation sites is 2. The van der Waals surface area contributed by atoms with Gasteiger partial charge in [0.2, 0.25) is 0 Å². The van der Waals surface area contributed by atoms with Crippen LogP contribution in [-0.4, -0.2) is 44.3 Å². The number of morpholine rings is 1. The van der Waals surface area contributed by atoms with E-state index >= 15 is 0 Å². The molecule has 4 rings (SSSR count). The van der Waals surface area contributed by atoms with E-state index in [-0.39, 0.29) is 5.91 Å². The van der Waals surface area contributed by atoms with Crippen LogP contribution < -0.4 is 16.0 Å². The van der Waals surface area contributed by atoms with Gasteiger partial charge < -0.3 is 25.4 Å². The highest BCUT2D eigenvalue weighted by Gasteiger charge is 2.22. The van der Waals surface area contributed by atoms with Crippen molar-refractivity contribution in [1.82, 2.24) is 4.98 Å². The van der Waals surface area contributed by atoms with Gasteiger partial charge in [0.15, 0.2) is 0 Å². The van der Waals surface area contributed by atoms with Crippen molar-refractivity contribution < 1.29 is 14.3 Å². The number of nitrogens with one attached hydrogen (secondary N) is 1. The number of pyridine rings is 1. The van der Waals surface area contributed by atoms with Crippen LogP contribution in [-0.2, 0) is 16.1 Å². The summed E-state index contributed by atoms with van der Waals surface area (Å²) in [6.45, 7) is 5.29. The Morgan fingerprint density at radius 3 is 2.86 bits per heavy atom. The van der Waals surface area contributed by atoms with Gasteiger partial charge in [0, 0.05) is 31.3 Å². The second-order valence-electron chi connectivity index (χ2n) is 6.95. The Balaban J connectivity index is 1.67. The normalized spacial score (nSPS) is 14.3. The maximum Gasteiger partial charge on any atom is 0.268 e. The van der Waals surface area contributed by atoms with Crippen molar-refractivity contribution in [1.29, 1.82) is 0 Å². The highest BCUT2D eigenvalue weighted by Crippen LogP contribution is 2.36.